The number of aromatic nitrogens is 3. The predicted octanol–water partition coefficient (Wildman–Crippen LogP) is 5.83. The maximum atomic E-state index is 6.18. The summed E-state index contributed by atoms with van der Waals surface area (Å²) in [5.41, 5.74) is 13.4. The van der Waals surface area contributed by atoms with E-state index in [1.807, 2.05) is 73.1 Å². The molecule has 168 valence electrons. The van der Waals surface area contributed by atoms with Gasteiger partial charge in [-0.25, -0.2) is 9.97 Å². The average Bonchev–Trinajstić information content (AvgIpc) is 2.91. The van der Waals surface area contributed by atoms with Crippen LogP contribution in [-0.4, -0.2) is 21.6 Å². The largest absolute Gasteiger partial charge is 0.491 e. The summed E-state index contributed by atoms with van der Waals surface area (Å²) in [4.78, 5) is 14.2. The summed E-state index contributed by atoms with van der Waals surface area (Å²) in [6.07, 6.45) is 5.49. The van der Waals surface area contributed by atoms with Crippen LogP contribution in [0.1, 0.15) is 17.5 Å². The fourth-order valence-corrected chi connectivity index (χ4v) is 3.97. The van der Waals surface area contributed by atoms with Crippen LogP contribution in [0.15, 0.2) is 97.3 Å². The van der Waals surface area contributed by atoms with Crippen LogP contribution in [0.4, 0.5) is 0 Å². The van der Waals surface area contributed by atoms with Crippen LogP contribution in [0.5, 0.6) is 5.75 Å². The van der Waals surface area contributed by atoms with Crippen molar-refractivity contribution < 1.29 is 4.74 Å². The predicted molar refractivity (Wildman–Crippen MR) is 136 cm³/mol. The molecule has 0 unspecified atom stereocenters. The van der Waals surface area contributed by atoms with Crippen molar-refractivity contribution in [2.45, 2.75) is 19.4 Å². The van der Waals surface area contributed by atoms with E-state index in [9.17, 15) is 0 Å². The summed E-state index contributed by atoms with van der Waals surface area (Å²) in [6, 6.07) is 28.4. The minimum absolute atomic E-state index is 0.507. The van der Waals surface area contributed by atoms with Gasteiger partial charge in [-0.2, -0.15) is 0 Å². The highest BCUT2D eigenvalue weighted by atomic mass is 16.5. The zero-order valence-electron chi connectivity index (χ0n) is 18.9. The molecule has 0 amide bonds. The number of nitrogens with two attached hydrogens (primary N) is 1. The first-order valence-electron chi connectivity index (χ1n) is 11.5. The number of benzene rings is 3. The summed E-state index contributed by atoms with van der Waals surface area (Å²) in [7, 11) is 0. The maximum absolute atomic E-state index is 6.18. The van der Waals surface area contributed by atoms with Crippen molar-refractivity contribution in [3.63, 3.8) is 0 Å². The highest BCUT2D eigenvalue weighted by molar-refractivity contribution is 5.89. The molecule has 0 radical (unpaired) electrons. The molecule has 5 aromatic rings. The molecule has 0 aliphatic rings. The fourth-order valence-electron chi connectivity index (χ4n) is 3.97. The maximum Gasteiger partial charge on any atom is 0.147 e. The minimum Gasteiger partial charge on any atom is -0.491 e. The minimum atomic E-state index is 0.507. The summed E-state index contributed by atoms with van der Waals surface area (Å²) >= 11 is 0. The molecule has 2 N–H and O–H groups in total. The van der Waals surface area contributed by atoms with Crippen LogP contribution >= 0.6 is 0 Å². The molecule has 5 nitrogen and oxygen atoms in total. The molecule has 0 atom stereocenters. The van der Waals surface area contributed by atoms with Crippen molar-refractivity contribution in [1.29, 1.82) is 0 Å². The number of hydrogen-bond acceptors (Lipinski definition) is 5. The lowest BCUT2D eigenvalue weighted by molar-refractivity contribution is 0.314. The van der Waals surface area contributed by atoms with Crippen LogP contribution in [0, 0.1) is 0 Å². The number of rotatable bonds is 8. The lowest BCUT2D eigenvalue weighted by Gasteiger charge is -2.14. The van der Waals surface area contributed by atoms with E-state index in [1.54, 1.807) is 0 Å². The Morgan fingerprint density at radius 2 is 1.41 bits per heavy atom. The van der Waals surface area contributed by atoms with Crippen molar-refractivity contribution in [2.24, 2.45) is 5.73 Å². The van der Waals surface area contributed by atoms with Gasteiger partial charge in [0.1, 0.15) is 11.3 Å². The molecule has 0 spiro atoms. The van der Waals surface area contributed by atoms with Gasteiger partial charge >= 0.3 is 0 Å². The second-order valence-corrected chi connectivity index (χ2v) is 8.12. The van der Waals surface area contributed by atoms with Gasteiger partial charge in [-0.3, -0.25) is 4.98 Å². The van der Waals surface area contributed by atoms with Crippen molar-refractivity contribution in [2.75, 3.05) is 6.61 Å². The molecule has 2 heterocycles. The molecule has 0 aliphatic heterocycles. The zero-order valence-corrected chi connectivity index (χ0v) is 18.9. The Balaban J connectivity index is 1.50. The van der Waals surface area contributed by atoms with Crippen LogP contribution in [0.25, 0.3) is 33.5 Å². The van der Waals surface area contributed by atoms with E-state index in [1.165, 1.54) is 5.56 Å². The molecule has 5 rings (SSSR count). The molecule has 0 saturated carbocycles. The van der Waals surface area contributed by atoms with Gasteiger partial charge in [-0.15, -0.1) is 0 Å². The molecule has 5 heteroatoms. The summed E-state index contributed by atoms with van der Waals surface area (Å²) in [6.45, 7) is 1.11. The Labute approximate surface area is 199 Å². The molecule has 0 fully saturated rings. The second-order valence-electron chi connectivity index (χ2n) is 8.12. The van der Waals surface area contributed by atoms with Gasteiger partial charge < -0.3 is 10.5 Å². The Hall–Kier alpha value is -4.09. The Bertz CT molecular complexity index is 1370. The normalized spacial score (nSPS) is 11.0. The molecule has 2 aromatic heterocycles. The second kappa shape index (κ2) is 10.2. The van der Waals surface area contributed by atoms with Gasteiger partial charge in [0.15, 0.2) is 0 Å². The van der Waals surface area contributed by atoms with Crippen LogP contribution < -0.4 is 10.5 Å². The van der Waals surface area contributed by atoms with Gasteiger partial charge in [0.2, 0.25) is 0 Å². The smallest absolute Gasteiger partial charge is 0.147 e. The van der Waals surface area contributed by atoms with E-state index in [0.717, 1.165) is 57.7 Å². The third-order valence-corrected chi connectivity index (χ3v) is 5.78. The summed E-state index contributed by atoms with van der Waals surface area (Å²) < 4.78 is 6.18. The third-order valence-electron chi connectivity index (χ3n) is 5.78. The first kappa shape index (κ1) is 21.7. The lowest BCUT2D eigenvalue weighted by atomic mass is 10.0. The van der Waals surface area contributed by atoms with E-state index >= 15 is 0 Å². The fraction of sp³-hybridized carbons (Fsp3) is 0.138. The summed E-state index contributed by atoms with van der Waals surface area (Å²) in [5.74, 6) is 0.749. The molecular weight excluding hydrogens is 420 g/mol. The van der Waals surface area contributed by atoms with E-state index in [2.05, 4.69) is 29.2 Å². The van der Waals surface area contributed by atoms with Gasteiger partial charge in [-0.05, 0) is 48.2 Å². The zero-order chi connectivity index (χ0) is 23.2. The monoisotopic (exact) mass is 446 g/mol. The van der Waals surface area contributed by atoms with Gasteiger partial charge in [0, 0.05) is 30.1 Å². The molecule has 0 bridgehead atoms. The van der Waals surface area contributed by atoms with Crippen molar-refractivity contribution in [3.05, 3.63) is 108 Å². The topological polar surface area (TPSA) is 73.9 Å². The Morgan fingerprint density at radius 3 is 2.18 bits per heavy atom. The number of fused-ring (bicyclic) bond motifs is 1. The van der Waals surface area contributed by atoms with Crippen molar-refractivity contribution >= 4 is 11.0 Å². The van der Waals surface area contributed by atoms with Crippen LogP contribution in [0.2, 0.25) is 0 Å². The first-order chi connectivity index (χ1) is 16.8. The number of hydrogen-bond donors (Lipinski definition) is 1. The third kappa shape index (κ3) is 4.80. The van der Waals surface area contributed by atoms with Gasteiger partial charge in [-0.1, -0.05) is 60.7 Å². The van der Waals surface area contributed by atoms with Gasteiger partial charge in [0.05, 0.1) is 23.5 Å². The molecule has 3 aromatic carbocycles. The molecule has 34 heavy (non-hydrogen) atoms. The SMILES string of the molecule is NCc1ccc(-c2nc3c(OCCCc4ccncc4)cccc3nc2-c2ccccc2)cc1. The van der Waals surface area contributed by atoms with Crippen LogP contribution in [-0.2, 0) is 13.0 Å². The van der Waals surface area contributed by atoms with Crippen LogP contribution in [0.3, 0.4) is 0 Å². The molecular formula is C29H26N4O. The van der Waals surface area contributed by atoms with Gasteiger partial charge in [0.25, 0.3) is 0 Å². The Kier molecular flexibility index (Phi) is 6.54. The van der Waals surface area contributed by atoms with Crippen molar-refractivity contribution in [3.8, 4) is 28.3 Å². The highest BCUT2D eigenvalue weighted by Gasteiger charge is 2.15. The van der Waals surface area contributed by atoms with E-state index in [0.29, 0.717) is 13.2 Å². The number of aryl methyl sites for hydroxylation is 1. The molecule has 0 aliphatic carbocycles. The number of nitrogens with zero attached hydrogens (tertiary/aromatic N) is 3. The van der Waals surface area contributed by atoms with E-state index in [4.69, 9.17) is 20.4 Å². The van der Waals surface area contributed by atoms with E-state index in [-0.39, 0.29) is 0 Å². The number of para-hydroxylation sites is 1. The quantitative estimate of drug-likeness (QED) is 0.304. The first-order valence-corrected chi connectivity index (χ1v) is 11.5. The Morgan fingerprint density at radius 1 is 0.676 bits per heavy atom. The molecule has 0 saturated heterocycles. The standard InChI is InChI=1S/C29H26N4O/c30-20-22-11-13-24(14-12-22)28-27(23-7-2-1-3-8-23)32-25-9-4-10-26(29(25)33-28)34-19-5-6-21-15-17-31-18-16-21/h1-4,7-18H,5-6,19-20,30H2. The lowest BCUT2D eigenvalue weighted by Crippen LogP contribution is -2.02. The summed E-state index contributed by atoms with van der Waals surface area (Å²) in [5, 5.41) is 0. The number of pyridine rings is 1. The van der Waals surface area contributed by atoms with Crippen molar-refractivity contribution in [1.82, 2.24) is 15.0 Å². The average molecular weight is 447 g/mol. The number of ether oxygens (including phenoxy) is 1. The highest BCUT2D eigenvalue weighted by Crippen LogP contribution is 2.33. The van der Waals surface area contributed by atoms with E-state index < -0.39 is 0 Å².